The quantitative estimate of drug-likeness (QED) is 0.874. The van der Waals surface area contributed by atoms with Gasteiger partial charge in [-0.25, -0.2) is 22.0 Å². The summed E-state index contributed by atoms with van der Waals surface area (Å²) in [6.07, 6.45) is -0.235. The van der Waals surface area contributed by atoms with Crippen LogP contribution in [-0.4, -0.2) is 34.4 Å². The first-order chi connectivity index (χ1) is 8.67. The van der Waals surface area contributed by atoms with Gasteiger partial charge in [-0.2, -0.15) is 0 Å². The number of nitrogens with two attached hydrogens (primary N) is 1. The molecule has 1 saturated heterocycles. The molecular formula is C10H12ClNO5S2. The van der Waals surface area contributed by atoms with E-state index in [-0.39, 0.29) is 27.2 Å². The van der Waals surface area contributed by atoms with Gasteiger partial charge in [-0.3, -0.25) is 0 Å². The minimum absolute atomic E-state index is 0.0222. The Labute approximate surface area is 116 Å². The number of primary sulfonamides is 1. The van der Waals surface area contributed by atoms with Crippen LogP contribution in [-0.2, 0) is 19.9 Å². The fourth-order valence-corrected chi connectivity index (χ4v) is 4.35. The van der Waals surface area contributed by atoms with E-state index in [9.17, 15) is 16.8 Å². The number of benzene rings is 1. The second kappa shape index (κ2) is 4.93. The van der Waals surface area contributed by atoms with Crippen molar-refractivity contribution in [2.75, 3.05) is 11.5 Å². The SMILES string of the molecule is NS(=O)(=O)c1cc(Cl)ccc1OC1CCS(=O)(=O)C1. The molecule has 1 aliphatic rings. The third kappa shape index (κ3) is 3.59. The van der Waals surface area contributed by atoms with E-state index < -0.39 is 26.0 Å². The fraction of sp³-hybridized carbons (Fsp3) is 0.400. The van der Waals surface area contributed by atoms with Crippen LogP contribution in [0.5, 0.6) is 5.75 Å². The van der Waals surface area contributed by atoms with E-state index in [1.54, 1.807) is 0 Å². The molecule has 1 aromatic rings. The molecule has 19 heavy (non-hydrogen) atoms. The molecule has 9 heteroatoms. The number of sulfone groups is 1. The molecule has 0 aliphatic carbocycles. The highest BCUT2D eigenvalue weighted by molar-refractivity contribution is 7.91. The van der Waals surface area contributed by atoms with Crippen molar-refractivity contribution in [2.45, 2.75) is 17.4 Å². The lowest BCUT2D eigenvalue weighted by molar-refractivity contribution is 0.223. The van der Waals surface area contributed by atoms with E-state index in [0.717, 1.165) is 0 Å². The summed E-state index contributed by atoms with van der Waals surface area (Å²) >= 11 is 5.71. The van der Waals surface area contributed by atoms with Crippen molar-refractivity contribution in [3.05, 3.63) is 23.2 Å². The van der Waals surface area contributed by atoms with Crippen LogP contribution in [0.3, 0.4) is 0 Å². The predicted octanol–water partition coefficient (Wildman–Crippen LogP) is 0.553. The van der Waals surface area contributed by atoms with Crippen molar-refractivity contribution in [2.24, 2.45) is 5.14 Å². The minimum Gasteiger partial charge on any atom is -0.488 e. The lowest BCUT2D eigenvalue weighted by Crippen LogP contribution is -2.20. The Bertz CT molecular complexity index is 699. The van der Waals surface area contributed by atoms with Crippen LogP contribution >= 0.6 is 11.6 Å². The van der Waals surface area contributed by atoms with Gasteiger partial charge < -0.3 is 4.74 Å². The molecule has 1 aliphatic heterocycles. The lowest BCUT2D eigenvalue weighted by atomic mass is 10.3. The van der Waals surface area contributed by atoms with Crippen LogP contribution in [0.2, 0.25) is 5.02 Å². The molecule has 2 rings (SSSR count). The van der Waals surface area contributed by atoms with Crippen molar-refractivity contribution in [1.82, 2.24) is 0 Å². The third-order valence-corrected chi connectivity index (χ3v) is 5.60. The first-order valence-electron chi connectivity index (χ1n) is 5.37. The van der Waals surface area contributed by atoms with Gasteiger partial charge in [0.15, 0.2) is 9.84 Å². The summed E-state index contributed by atoms with van der Waals surface area (Å²) in [6.45, 7) is 0. The van der Waals surface area contributed by atoms with Crippen molar-refractivity contribution >= 4 is 31.5 Å². The molecule has 0 radical (unpaired) electrons. The molecule has 2 N–H and O–H groups in total. The number of sulfonamides is 1. The summed E-state index contributed by atoms with van der Waals surface area (Å²) in [5.41, 5.74) is 0. The van der Waals surface area contributed by atoms with Gasteiger partial charge in [-0.15, -0.1) is 0 Å². The second-order valence-corrected chi connectivity index (χ2v) is 8.47. The maximum absolute atomic E-state index is 11.4. The van der Waals surface area contributed by atoms with Gasteiger partial charge >= 0.3 is 0 Å². The molecule has 0 bridgehead atoms. The standard InChI is InChI=1S/C10H12ClNO5S2/c11-7-1-2-9(10(5-7)19(12,15)16)17-8-3-4-18(13,14)6-8/h1-2,5,8H,3-4,6H2,(H2,12,15,16). The topological polar surface area (TPSA) is 104 Å². The highest BCUT2D eigenvalue weighted by Gasteiger charge is 2.30. The Kier molecular flexibility index (Phi) is 3.78. The number of hydrogen-bond donors (Lipinski definition) is 1. The van der Waals surface area contributed by atoms with Crippen molar-refractivity contribution in [3.63, 3.8) is 0 Å². The number of halogens is 1. The summed E-state index contributed by atoms with van der Waals surface area (Å²) in [6, 6.07) is 4.00. The van der Waals surface area contributed by atoms with Gasteiger partial charge in [0, 0.05) is 5.02 Å². The molecule has 0 amide bonds. The maximum atomic E-state index is 11.4. The van der Waals surface area contributed by atoms with Crippen LogP contribution in [0.4, 0.5) is 0 Å². The Morgan fingerprint density at radius 1 is 1.37 bits per heavy atom. The molecule has 0 aromatic heterocycles. The van der Waals surface area contributed by atoms with Crippen LogP contribution in [0.1, 0.15) is 6.42 Å². The van der Waals surface area contributed by atoms with Crippen molar-refractivity contribution in [3.8, 4) is 5.75 Å². The van der Waals surface area contributed by atoms with Gasteiger partial charge in [0.25, 0.3) is 0 Å². The highest BCUT2D eigenvalue weighted by atomic mass is 35.5. The highest BCUT2D eigenvalue weighted by Crippen LogP contribution is 2.29. The summed E-state index contributed by atoms with van der Waals surface area (Å²) < 4.78 is 50.9. The molecule has 0 spiro atoms. The summed E-state index contributed by atoms with van der Waals surface area (Å²) in [7, 11) is -7.09. The van der Waals surface area contributed by atoms with E-state index in [0.29, 0.717) is 6.42 Å². The zero-order valence-corrected chi connectivity index (χ0v) is 12.1. The molecule has 1 heterocycles. The van der Waals surface area contributed by atoms with Crippen LogP contribution in [0, 0.1) is 0 Å². The summed E-state index contributed by atoms with van der Waals surface area (Å²) in [5, 5.41) is 5.27. The molecular weight excluding hydrogens is 314 g/mol. The first kappa shape index (κ1) is 14.6. The van der Waals surface area contributed by atoms with Crippen LogP contribution in [0.25, 0.3) is 0 Å². The zero-order valence-electron chi connectivity index (χ0n) is 9.74. The fourth-order valence-electron chi connectivity index (χ4n) is 1.84. The molecule has 106 valence electrons. The van der Waals surface area contributed by atoms with Crippen molar-refractivity contribution in [1.29, 1.82) is 0 Å². The van der Waals surface area contributed by atoms with Gasteiger partial charge in [0.2, 0.25) is 10.0 Å². The monoisotopic (exact) mass is 325 g/mol. The van der Waals surface area contributed by atoms with Crippen LogP contribution < -0.4 is 9.88 Å². The van der Waals surface area contributed by atoms with E-state index in [4.69, 9.17) is 21.5 Å². The largest absolute Gasteiger partial charge is 0.488 e. The van der Waals surface area contributed by atoms with E-state index >= 15 is 0 Å². The predicted molar refractivity (Wildman–Crippen MR) is 70.5 cm³/mol. The first-order valence-corrected chi connectivity index (χ1v) is 9.11. The van der Waals surface area contributed by atoms with Gasteiger partial charge in [-0.1, -0.05) is 11.6 Å². The summed E-state index contributed by atoms with van der Waals surface area (Å²) in [5.74, 6) is -0.0654. The molecule has 6 nitrogen and oxygen atoms in total. The van der Waals surface area contributed by atoms with E-state index in [1.165, 1.54) is 18.2 Å². The summed E-state index contributed by atoms with van der Waals surface area (Å²) in [4.78, 5) is -0.246. The number of hydrogen-bond acceptors (Lipinski definition) is 5. The Morgan fingerprint density at radius 2 is 2.05 bits per heavy atom. The normalized spacial score (nSPS) is 22.3. The van der Waals surface area contributed by atoms with E-state index in [1.807, 2.05) is 0 Å². The van der Waals surface area contributed by atoms with Gasteiger partial charge in [0.1, 0.15) is 16.7 Å². The zero-order chi connectivity index (χ0) is 14.3. The number of rotatable bonds is 3. The smallest absolute Gasteiger partial charge is 0.241 e. The van der Waals surface area contributed by atoms with E-state index in [2.05, 4.69) is 0 Å². The van der Waals surface area contributed by atoms with Gasteiger partial charge in [-0.05, 0) is 24.6 Å². The average molecular weight is 326 g/mol. The average Bonchev–Trinajstić information content (AvgIpc) is 2.59. The molecule has 0 saturated carbocycles. The molecule has 1 aromatic carbocycles. The Hall–Kier alpha value is -0.830. The minimum atomic E-state index is -3.99. The Balaban J connectivity index is 2.31. The van der Waals surface area contributed by atoms with Gasteiger partial charge in [0.05, 0.1) is 11.5 Å². The maximum Gasteiger partial charge on any atom is 0.241 e. The van der Waals surface area contributed by atoms with Crippen molar-refractivity contribution < 1.29 is 21.6 Å². The van der Waals surface area contributed by atoms with Crippen LogP contribution in [0.15, 0.2) is 23.1 Å². The molecule has 1 unspecified atom stereocenters. The second-order valence-electron chi connectivity index (χ2n) is 4.28. The lowest BCUT2D eigenvalue weighted by Gasteiger charge is -2.14. The third-order valence-electron chi connectivity index (χ3n) is 2.70. The Morgan fingerprint density at radius 3 is 2.58 bits per heavy atom. The molecule has 1 fully saturated rings. The molecule has 1 atom stereocenters. The number of ether oxygens (including phenoxy) is 1.